The number of carboxylic acids is 1. The molecule has 0 unspecified atom stereocenters. The summed E-state index contributed by atoms with van der Waals surface area (Å²) < 4.78 is 0. The van der Waals surface area contributed by atoms with Gasteiger partial charge in [0.2, 0.25) is 5.91 Å². The standard InChI is InChI=1S/C16H24N2O3/c1-5-12-6-8-13(9-7-12)17-14(19)10-18(11-15(20)21)16(2,3)4/h6-9H,5,10-11H2,1-4H3,(H,17,19)(H,20,21). The van der Waals surface area contributed by atoms with Gasteiger partial charge in [-0.1, -0.05) is 19.1 Å². The van der Waals surface area contributed by atoms with Gasteiger partial charge in [0.25, 0.3) is 0 Å². The molecule has 5 heteroatoms. The molecule has 0 bridgehead atoms. The number of amides is 1. The summed E-state index contributed by atoms with van der Waals surface area (Å²) in [5, 5.41) is 11.7. The van der Waals surface area contributed by atoms with Gasteiger partial charge in [0.1, 0.15) is 0 Å². The first-order chi connectivity index (χ1) is 9.72. The van der Waals surface area contributed by atoms with Crippen molar-refractivity contribution >= 4 is 17.6 Å². The van der Waals surface area contributed by atoms with Gasteiger partial charge in [0, 0.05) is 11.2 Å². The second-order valence-corrected chi connectivity index (χ2v) is 6.02. The van der Waals surface area contributed by atoms with Crippen LogP contribution in [0.1, 0.15) is 33.3 Å². The Morgan fingerprint density at radius 1 is 1.14 bits per heavy atom. The Morgan fingerprint density at radius 3 is 2.14 bits per heavy atom. The van der Waals surface area contributed by atoms with Crippen molar-refractivity contribution in [3.63, 3.8) is 0 Å². The molecular weight excluding hydrogens is 268 g/mol. The first-order valence-electron chi connectivity index (χ1n) is 7.08. The monoisotopic (exact) mass is 292 g/mol. The fourth-order valence-corrected chi connectivity index (χ4v) is 1.89. The molecule has 0 saturated carbocycles. The predicted octanol–water partition coefficient (Wildman–Crippen LogP) is 2.37. The minimum absolute atomic E-state index is 0.0470. The number of carboxylic acid groups (broad SMARTS) is 1. The molecule has 5 nitrogen and oxygen atoms in total. The largest absolute Gasteiger partial charge is 0.480 e. The maximum Gasteiger partial charge on any atom is 0.317 e. The molecule has 1 rings (SSSR count). The van der Waals surface area contributed by atoms with E-state index >= 15 is 0 Å². The average molecular weight is 292 g/mol. The molecule has 0 atom stereocenters. The summed E-state index contributed by atoms with van der Waals surface area (Å²) in [7, 11) is 0. The van der Waals surface area contributed by atoms with E-state index < -0.39 is 5.97 Å². The van der Waals surface area contributed by atoms with Crippen LogP contribution in [0.4, 0.5) is 5.69 Å². The molecule has 0 spiro atoms. The van der Waals surface area contributed by atoms with Gasteiger partial charge in [0.05, 0.1) is 13.1 Å². The lowest BCUT2D eigenvalue weighted by Crippen LogP contribution is -2.48. The van der Waals surface area contributed by atoms with Crippen LogP contribution in [-0.2, 0) is 16.0 Å². The highest BCUT2D eigenvalue weighted by Gasteiger charge is 2.25. The molecule has 1 aromatic carbocycles. The van der Waals surface area contributed by atoms with E-state index in [1.54, 1.807) is 4.90 Å². The van der Waals surface area contributed by atoms with E-state index in [-0.39, 0.29) is 24.5 Å². The molecule has 1 aromatic rings. The van der Waals surface area contributed by atoms with Crippen LogP contribution in [0.5, 0.6) is 0 Å². The highest BCUT2D eigenvalue weighted by atomic mass is 16.4. The third-order valence-electron chi connectivity index (χ3n) is 3.26. The Balaban J connectivity index is 2.66. The summed E-state index contributed by atoms with van der Waals surface area (Å²) in [6, 6.07) is 7.65. The Kier molecular flexibility index (Phi) is 5.90. The number of hydrogen-bond donors (Lipinski definition) is 2. The van der Waals surface area contributed by atoms with Crippen molar-refractivity contribution in [2.45, 2.75) is 39.7 Å². The summed E-state index contributed by atoms with van der Waals surface area (Å²) in [4.78, 5) is 24.6. The number of rotatable bonds is 6. The Hall–Kier alpha value is -1.88. The molecule has 1 amide bonds. The van der Waals surface area contributed by atoms with E-state index in [1.165, 1.54) is 5.56 Å². The second kappa shape index (κ2) is 7.22. The molecule has 0 heterocycles. The first-order valence-corrected chi connectivity index (χ1v) is 7.08. The molecule has 2 N–H and O–H groups in total. The van der Waals surface area contributed by atoms with Gasteiger partial charge < -0.3 is 10.4 Å². The van der Waals surface area contributed by atoms with Crippen molar-refractivity contribution in [3.8, 4) is 0 Å². The zero-order chi connectivity index (χ0) is 16.0. The number of nitrogens with zero attached hydrogens (tertiary/aromatic N) is 1. The van der Waals surface area contributed by atoms with Crippen molar-refractivity contribution in [1.82, 2.24) is 4.90 Å². The van der Waals surface area contributed by atoms with Gasteiger partial charge >= 0.3 is 5.97 Å². The summed E-state index contributed by atoms with van der Waals surface area (Å²) in [5.74, 6) is -1.15. The molecule has 0 aromatic heterocycles. The zero-order valence-corrected chi connectivity index (χ0v) is 13.1. The summed E-state index contributed by atoms with van der Waals surface area (Å²) in [6.07, 6.45) is 0.949. The van der Waals surface area contributed by atoms with Crippen molar-refractivity contribution < 1.29 is 14.7 Å². The topological polar surface area (TPSA) is 69.6 Å². The van der Waals surface area contributed by atoms with Crippen LogP contribution in [0, 0.1) is 0 Å². The summed E-state index contributed by atoms with van der Waals surface area (Å²) in [6.45, 7) is 7.62. The highest BCUT2D eigenvalue weighted by Crippen LogP contribution is 2.14. The van der Waals surface area contributed by atoms with Crippen molar-refractivity contribution in [2.75, 3.05) is 18.4 Å². The number of carbonyl (C=O) groups excluding carboxylic acids is 1. The van der Waals surface area contributed by atoms with Crippen LogP contribution in [0.3, 0.4) is 0 Å². The third-order valence-corrected chi connectivity index (χ3v) is 3.26. The molecule has 116 valence electrons. The minimum atomic E-state index is -0.940. The van der Waals surface area contributed by atoms with Gasteiger partial charge in [0.15, 0.2) is 0 Å². The van der Waals surface area contributed by atoms with E-state index in [1.807, 2.05) is 45.0 Å². The SMILES string of the molecule is CCc1ccc(NC(=O)CN(CC(=O)O)C(C)(C)C)cc1. The Morgan fingerprint density at radius 2 is 1.71 bits per heavy atom. The number of nitrogens with one attached hydrogen (secondary N) is 1. The lowest BCUT2D eigenvalue weighted by atomic mass is 10.1. The zero-order valence-electron chi connectivity index (χ0n) is 13.1. The number of hydrogen-bond acceptors (Lipinski definition) is 3. The number of anilines is 1. The molecule has 21 heavy (non-hydrogen) atoms. The number of aliphatic carboxylic acids is 1. The molecule has 0 saturated heterocycles. The maximum absolute atomic E-state index is 12.1. The van der Waals surface area contributed by atoms with E-state index in [0.29, 0.717) is 0 Å². The summed E-state index contributed by atoms with van der Waals surface area (Å²) >= 11 is 0. The second-order valence-electron chi connectivity index (χ2n) is 6.02. The fraction of sp³-hybridized carbons (Fsp3) is 0.500. The fourth-order valence-electron chi connectivity index (χ4n) is 1.89. The number of benzene rings is 1. The van der Waals surface area contributed by atoms with Crippen LogP contribution in [0.15, 0.2) is 24.3 Å². The number of carbonyl (C=O) groups is 2. The van der Waals surface area contributed by atoms with Crippen LogP contribution in [-0.4, -0.2) is 40.5 Å². The molecule has 0 aliphatic carbocycles. The quantitative estimate of drug-likeness (QED) is 0.844. The van der Waals surface area contributed by atoms with E-state index in [9.17, 15) is 9.59 Å². The number of aryl methyl sites for hydroxylation is 1. The first kappa shape index (κ1) is 17.2. The van der Waals surface area contributed by atoms with E-state index in [2.05, 4.69) is 12.2 Å². The van der Waals surface area contributed by atoms with Gasteiger partial charge in [-0.25, -0.2) is 0 Å². The van der Waals surface area contributed by atoms with E-state index in [0.717, 1.165) is 12.1 Å². The van der Waals surface area contributed by atoms with E-state index in [4.69, 9.17) is 5.11 Å². The van der Waals surface area contributed by atoms with Crippen LogP contribution < -0.4 is 5.32 Å². The normalized spacial score (nSPS) is 11.5. The van der Waals surface area contributed by atoms with Crippen LogP contribution in [0.2, 0.25) is 0 Å². The minimum Gasteiger partial charge on any atom is -0.480 e. The predicted molar refractivity (Wildman–Crippen MR) is 83.4 cm³/mol. The lowest BCUT2D eigenvalue weighted by Gasteiger charge is -2.33. The molecule has 0 fully saturated rings. The molecule has 0 aliphatic rings. The Labute approximate surface area is 126 Å². The smallest absolute Gasteiger partial charge is 0.317 e. The van der Waals surface area contributed by atoms with Gasteiger partial charge in [-0.05, 0) is 44.9 Å². The average Bonchev–Trinajstić information content (AvgIpc) is 2.37. The third kappa shape index (κ3) is 5.95. The van der Waals surface area contributed by atoms with Crippen LogP contribution >= 0.6 is 0 Å². The van der Waals surface area contributed by atoms with Crippen molar-refractivity contribution in [1.29, 1.82) is 0 Å². The molecular formula is C16H24N2O3. The maximum atomic E-state index is 12.1. The Bertz CT molecular complexity index is 489. The van der Waals surface area contributed by atoms with Crippen LogP contribution in [0.25, 0.3) is 0 Å². The van der Waals surface area contributed by atoms with Crippen molar-refractivity contribution in [2.24, 2.45) is 0 Å². The van der Waals surface area contributed by atoms with Gasteiger partial charge in [-0.3, -0.25) is 14.5 Å². The van der Waals surface area contributed by atoms with Gasteiger partial charge in [-0.2, -0.15) is 0 Å². The lowest BCUT2D eigenvalue weighted by molar-refractivity contribution is -0.140. The summed E-state index contributed by atoms with van der Waals surface area (Å²) in [5.41, 5.74) is 1.54. The van der Waals surface area contributed by atoms with Gasteiger partial charge in [-0.15, -0.1) is 0 Å². The van der Waals surface area contributed by atoms with Crippen molar-refractivity contribution in [3.05, 3.63) is 29.8 Å². The molecule has 0 aliphatic heterocycles. The molecule has 0 radical (unpaired) electrons. The highest BCUT2D eigenvalue weighted by molar-refractivity contribution is 5.92.